The highest BCUT2D eigenvalue weighted by Crippen LogP contribution is 2.38. The van der Waals surface area contributed by atoms with Crippen molar-refractivity contribution < 1.29 is 8.78 Å². The zero-order valence-corrected chi connectivity index (χ0v) is 9.89. The fraction of sp³-hybridized carbons (Fsp3) is 0.111. The van der Waals surface area contributed by atoms with Gasteiger partial charge in [-0.1, -0.05) is 11.6 Å². The molecule has 1 aromatic carbocycles. The quantitative estimate of drug-likeness (QED) is 0.674. The second-order valence-electron chi connectivity index (χ2n) is 2.76. The number of hydrogen-bond acceptors (Lipinski definition) is 1. The van der Waals surface area contributed by atoms with E-state index in [0.717, 1.165) is 14.6 Å². The van der Waals surface area contributed by atoms with Crippen LogP contribution in [-0.2, 0) is 0 Å². The zero-order chi connectivity index (χ0) is 10.3. The molecule has 2 aromatic rings. The maximum Gasteiger partial charge on any atom is 0.263 e. The first kappa shape index (κ1) is 10.3. The lowest BCUT2D eigenvalue weighted by atomic mass is 10.2. The van der Waals surface area contributed by atoms with Crippen LogP contribution in [0.25, 0.3) is 10.1 Å². The number of hydrogen-bond donors (Lipinski definition) is 0. The van der Waals surface area contributed by atoms with E-state index in [9.17, 15) is 8.78 Å². The molecule has 5 heteroatoms. The van der Waals surface area contributed by atoms with Gasteiger partial charge >= 0.3 is 0 Å². The monoisotopic (exact) mass is 296 g/mol. The molecule has 0 aliphatic heterocycles. The van der Waals surface area contributed by atoms with Crippen molar-refractivity contribution in [3.05, 3.63) is 32.6 Å². The highest BCUT2D eigenvalue weighted by molar-refractivity contribution is 9.10. The second-order valence-corrected chi connectivity index (χ2v) is 4.93. The minimum Gasteiger partial charge on any atom is -0.205 e. The Hall–Kier alpha value is -0.190. The number of alkyl halides is 2. The minimum atomic E-state index is -2.47. The fourth-order valence-corrected chi connectivity index (χ4v) is 3.45. The van der Waals surface area contributed by atoms with Crippen LogP contribution in [0.5, 0.6) is 0 Å². The van der Waals surface area contributed by atoms with Crippen LogP contribution in [0.15, 0.2) is 22.0 Å². The average molecular weight is 298 g/mol. The lowest BCUT2D eigenvalue weighted by Crippen LogP contribution is -1.83. The SMILES string of the molecule is FC(F)c1cc(Cl)c2c(Br)csc2c1. The van der Waals surface area contributed by atoms with Crippen molar-refractivity contribution in [1.82, 2.24) is 0 Å². The van der Waals surface area contributed by atoms with Crippen LogP contribution in [0.3, 0.4) is 0 Å². The highest BCUT2D eigenvalue weighted by atomic mass is 79.9. The van der Waals surface area contributed by atoms with Gasteiger partial charge in [0.25, 0.3) is 6.43 Å². The van der Waals surface area contributed by atoms with Crippen LogP contribution in [0.1, 0.15) is 12.0 Å². The molecule has 0 atom stereocenters. The van der Waals surface area contributed by atoms with Gasteiger partial charge in [0.2, 0.25) is 0 Å². The molecule has 0 bridgehead atoms. The summed E-state index contributed by atoms with van der Waals surface area (Å²) in [6.45, 7) is 0. The Morgan fingerprint density at radius 1 is 1.36 bits per heavy atom. The van der Waals surface area contributed by atoms with Crippen molar-refractivity contribution in [2.24, 2.45) is 0 Å². The van der Waals surface area contributed by atoms with Crippen molar-refractivity contribution in [2.45, 2.75) is 6.43 Å². The Morgan fingerprint density at radius 2 is 2.07 bits per heavy atom. The van der Waals surface area contributed by atoms with Crippen LogP contribution < -0.4 is 0 Å². The normalized spacial score (nSPS) is 11.5. The first-order valence-electron chi connectivity index (χ1n) is 3.74. The van der Waals surface area contributed by atoms with Gasteiger partial charge in [-0.3, -0.25) is 0 Å². The van der Waals surface area contributed by atoms with Gasteiger partial charge in [-0.2, -0.15) is 0 Å². The summed E-state index contributed by atoms with van der Waals surface area (Å²) in [6, 6.07) is 2.79. The molecule has 0 spiro atoms. The van der Waals surface area contributed by atoms with Gasteiger partial charge in [-0.05, 0) is 28.1 Å². The number of benzene rings is 1. The smallest absolute Gasteiger partial charge is 0.205 e. The first-order chi connectivity index (χ1) is 6.59. The van der Waals surface area contributed by atoms with Crippen molar-refractivity contribution in [2.75, 3.05) is 0 Å². The van der Waals surface area contributed by atoms with Crippen molar-refractivity contribution in [3.63, 3.8) is 0 Å². The largest absolute Gasteiger partial charge is 0.263 e. The third kappa shape index (κ3) is 1.66. The number of rotatable bonds is 1. The summed E-state index contributed by atoms with van der Waals surface area (Å²) >= 11 is 10.6. The van der Waals surface area contributed by atoms with E-state index in [4.69, 9.17) is 11.6 Å². The molecule has 0 aliphatic rings. The van der Waals surface area contributed by atoms with Crippen molar-refractivity contribution >= 4 is 49.0 Å². The van der Waals surface area contributed by atoms with Gasteiger partial charge < -0.3 is 0 Å². The lowest BCUT2D eigenvalue weighted by Gasteiger charge is -2.01. The van der Waals surface area contributed by atoms with E-state index in [1.54, 1.807) is 0 Å². The minimum absolute atomic E-state index is 0.0307. The number of fused-ring (bicyclic) bond motifs is 1. The predicted octanol–water partition coefficient (Wildman–Crippen LogP) is 5.25. The van der Waals surface area contributed by atoms with Crippen LogP contribution in [0.4, 0.5) is 8.78 Å². The summed E-state index contributed by atoms with van der Waals surface area (Å²) in [5.74, 6) is 0. The summed E-state index contributed by atoms with van der Waals surface area (Å²) < 4.78 is 26.5. The summed E-state index contributed by atoms with van der Waals surface area (Å²) in [6.07, 6.45) is -2.47. The molecular weight excluding hydrogens is 294 g/mol. The molecule has 2 rings (SSSR count). The topological polar surface area (TPSA) is 0 Å². The van der Waals surface area contributed by atoms with Crippen LogP contribution >= 0.6 is 38.9 Å². The van der Waals surface area contributed by atoms with Gasteiger partial charge in [0, 0.05) is 25.5 Å². The maximum absolute atomic E-state index is 12.4. The van der Waals surface area contributed by atoms with Gasteiger partial charge in [0.05, 0.1) is 5.02 Å². The molecule has 0 unspecified atom stereocenters. The van der Waals surface area contributed by atoms with Crippen molar-refractivity contribution in [3.8, 4) is 0 Å². The van der Waals surface area contributed by atoms with E-state index >= 15 is 0 Å². The Balaban J connectivity index is 2.74. The lowest BCUT2D eigenvalue weighted by molar-refractivity contribution is 0.151. The van der Waals surface area contributed by atoms with Gasteiger partial charge in [-0.15, -0.1) is 11.3 Å². The molecule has 0 nitrogen and oxygen atoms in total. The van der Waals surface area contributed by atoms with Crippen LogP contribution in [0, 0.1) is 0 Å². The molecule has 0 saturated carbocycles. The summed E-state index contributed by atoms with van der Waals surface area (Å²) in [5.41, 5.74) is -0.0307. The number of thiophene rings is 1. The Kier molecular flexibility index (Phi) is 2.77. The van der Waals surface area contributed by atoms with E-state index in [0.29, 0.717) is 5.02 Å². The summed E-state index contributed by atoms with van der Waals surface area (Å²) in [7, 11) is 0. The molecule has 14 heavy (non-hydrogen) atoms. The fourth-order valence-electron chi connectivity index (χ4n) is 1.23. The summed E-state index contributed by atoms with van der Waals surface area (Å²) in [5, 5.41) is 3.01. The Morgan fingerprint density at radius 3 is 2.71 bits per heavy atom. The van der Waals surface area contributed by atoms with Crippen molar-refractivity contribution in [1.29, 1.82) is 0 Å². The average Bonchev–Trinajstić information content (AvgIpc) is 2.48. The highest BCUT2D eigenvalue weighted by Gasteiger charge is 2.13. The van der Waals surface area contributed by atoms with Crippen LogP contribution in [-0.4, -0.2) is 0 Å². The Bertz CT molecular complexity index is 481. The molecule has 0 amide bonds. The molecule has 1 aromatic heterocycles. The molecule has 74 valence electrons. The van der Waals surface area contributed by atoms with Gasteiger partial charge in [-0.25, -0.2) is 8.78 Å². The van der Waals surface area contributed by atoms with E-state index in [1.165, 1.54) is 23.5 Å². The maximum atomic E-state index is 12.4. The summed E-state index contributed by atoms with van der Waals surface area (Å²) in [4.78, 5) is 0. The molecule has 0 aliphatic carbocycles. The standard InChI is InChI=1S/C9H4BrClF2S/c10-5-3-14-7-2-4(9(12)13)1-6(11)8(5)7/h1-3,9H. The number of halogens is 4. The molecule has 0 radical (unpaired) electrons. The third-order valence-corrected chi connectivity index (χ3v) is 4.01. The predicted molar refractivity (Wildman–Crippen MR) is 59.5 cm³/mol. The van der Waals surface area contributed by atoms with E-state index in [1.807, 2.05) is 5.38 Å². The molecule has 1 heterocycles. The van der Waals surface area contributed by atoms with Gasteiger partial charge in [0.1, 0.15) is 0 Å². The first-order valence-corrected chi connectivity index (χ1v) is 5.79. The molecule has 0 fully saturated rings. The van der Waals surface area contributed by atoms with Crippen LogP contribution in [0.2, 0.25) is 5.02 Å². The third-order valence-electron chi connectivity index (χ3n) is 1.86. The molecule has 0 N–H and O–H groups in total. The van der Waals surface area contributed by atoms with E-state index in [-0.39, 0.29) is 5.56 Å². The van der Waals surface area contributed by atoms with Gasteiger partial charge in [0.15, 0.2) is 0 Å². The van der Waals surface area contributed by atoms with E-state index < -0.39 is 6.43 Å². The van der Waals surface area contributed by atoms with E-state index in [2.05, 4.69) is 15.9 Å². The second kappa shape index (κ2) is 3.76. The Labute approximate surface area is 96.6 Å². The zero-order valence-electron chi connectivity index (χ0n) is 6.73. The molecular formula is C9H4BrClF2S. The molecule has 0 saturated heterocycles.